The van der Waals surface area contributed by atoms with Gasteiger partial charge in [-0.25, -0.2) is 4.98 Å². The summed E-state index contributed by atoms with van der Waals surface area (Å²) in [7, 11) is 0. The van der Waals surface area contributed by atoms with Crippen LogP contribution in [0.25, 0.3) is 39.2 Å². The Morgan fingerprint density at radius 2 is 1.82 bits per heavy atom. The van der Waals surface area contributed by atoms with Gasteiger partial charge in [-0.1, -0.05) is 47.7 Å². The fourth-order valence-electron chi connectivity index (χ4n) is 4.75. The van der Waals surface area contributed by atoms with Crippen molar-refractivity contribution >= 4 is 16.6 Å². The van der Waals surface area contributed by atoms with E-state index in [9.17, 15) is 10.1 Å². The van der Waals surface area contributed by atoms with E-state index in [4.69, 9.17) is 4.74 Å². The van der Waals surface area contributed by atoms with Gasteiger partial charge in [0.15, 0.2) is 0 Å². The molecule has 1 aliphatic heterocycles. The fourth-order valence-corrected chi connectivity index (χ4v) is 4.75. The van der Waals surface area contributed by atoms with Crippen molar-refractivity contribution in [2.24, 2.45) is 0 Å². The lowest BCUT2D eigenvalue weighted by molar-refractivity contribution is 0.108. The molecule has 2 unspecified atom stereocenters. The van der Waals surface area contributed by atoms with Crippen molar-refractivity contribution in [3.63, 3.8) is 0 Å². The molecule has 0 aliphatic carbocycles. The van der Waals surface area contributed by atoms with Crippen molar-refractivity contribution in [1.82, 2.24) is 28.9 Å². The van der Waals surface area contributed by atoms with Crippen LogP contribution in [0, 0.1) is 11.5 Å². The molecule has 0 amide bonds. The zero-order valence-electron chi connectivity index (χ0n) is 17.8. The summed E-state index contributed by atoms with van der Waals surface area (Å²) in [4.78, 5) is 18.6. The molecule has 162 valence electrons. The molecule has 0 spiro atoms. The maximum absolute atomic E-state index is 14.0. The van der Waals surface area contributed by atoms with Gasteiger partial charge < -0.3 is 4.74 Å². The van der Waals surface area contributed by atoms with E-state index in [2.05, 4.69) is 15.3 Å². The molecule has 3 aromatic heterocycles. The second kappa shape index (κ2) is 7.39. The minimum atomic E-state index is -0.187. The zero-order chi connectivity index (χ0) is 22.5. The normalized spacial score (nSPS) is 18.2. The van der Waals surface area contributed by atoms with Gasteiger partial charge in [0, 0.05) is 12.2 Å². The van der Waals surface area contributed by atoms with Crippen molar-refractivity contribution in [3.8, 4) is 28.8 Å². The zero-order valence-corrected chi connectivity index (χ0v) is 17.8. The molecule has 1 fully saturated rings. The maximum Gasteiger partial charge on any atom is 0.278 e. The van der Waals surface area contributed by atoms with E-state index in [1.165, 1.54) is 0 Å². The third kappa shape index (κ3) is 2.81. The molecule has 0 radical (unpaired) electrons. The van der Waals surface area contributed by atoms with Gasteiger partial charge in [0.25, 0.3) is 5.56 Å². The molecule has 4 heterocycles. The van der Waals surface area contributed by atoms with Crippen molar-refractivity contribution in [2.75, 3.05) is 6.61 Å². The molecular weight excluding hydrogens is 418 g/mol. The standard InChI is InChI=1S/C24H19N7O2/c1-15-17(11-12-33-15)31-19-10-6-5-9-18(19)29-14-26-21(23(29)24(31)32)22-20(27-28-30(22)13-25)16-7-3-2-4-8-16/h2-10,14-15,17H,11-12H2,1H3. The van der Waals surface area contributed by atoms with E-state index in [-0.39, 0.29) is 17.7 Å². The summed E-state index contributed by atoms with van der Waals surface area (Å²) in [6.45, 7) is 2.59. The quantitative estimate of drug-likeness (QED) is 0.429. The molecule has 2 aromatic carbocycles. The summed E-state index contributed by atoms with van der Waals surface area (Å²) in [5, 5.41) is 18.0. The molecule has 0 N–H and O–H groups in total. The number of hydrogen-bond acceptors (Lipinski definition) is 6. The Morgan fingerprint density at radius 1 is 1.06 bits per heavy atom. The molecule has 1 saturated heterocycles. The molecular formula is C24H19N7O2. The number of nitrogens with zero attached hydrogens (tertiary/aromatic N) is 7. The summed E-state index contributed by atoms with van der Waals surface area (Å²) >= 11 is 0. The minimum absolute atomic E-state index is 0.0916. The lowest BCUT2D eigenvalue weighted by Gasteiger charge is -2.21. The fraction of sp³-hybridized carbons (Fsp3) is 0.208. The van der Waals surface area contributed by atoms with Crippen LogP contribution in [0.3, 0.4) is 0 Å². The van der Waals surface area contributed by atoms with Crippen LogP contribution in [0.5, 0.6) is 0 Å². The molecule has 1 aliphatic rings. The van der Waals surface area contributed by atoms with E-state index in [1.807, 2.05) is 72.3 Å². The molecule has 2 atom stereocenters. The highest BCUT2D eigenvalue weighted by Gasteiger charge is 2.31. The summed E-state index contributed by atoms with van der Waals surface area (Å²) in [5.41, 5.74) is 3.90. The third-order valence-corrected chi connectivity index (χ3v) is 6.29. The number of ether oxygens (including phenoxy) is 1. The van der Waals surface area contributed by atoms with Crippen molar-refractivity contribution < 1.29 is 4.74 Å². The van der Waals surface area contributed by atoms with Gasteiger partial charge >= 0.3 is 0 Å². The van der Waals surface area contributed by atoms with Crippen molar-refractivity contribution in [1.29, 1.82) is 5.26 Å². The monoisotopic (exact) mass is 437 g/mol. The van der Waals surface area contributed by atoms with Crippen LogP contribution in [-0.2, 0) is 4.74 Å². The van der Waals surface area contributed by atoms with E-state index < -0.39 is 0 Å². The summed E-state index contributed by atoms with van der Waals surface area (Å²) in [6, 6.07) is 17.1. The lowest BCUT2D eigenvalue weighted by atomic mass is 10.1. The Morgan fingerprint density at radius 3 is 2.55 bits per heavy atom. The maximum atomic E-state index is 14.0. The van der Waals surface area contributed by atoms with E-state index in [1.54, 1.807) is 10.7 Å². The first kappa shape index (κ1) is 19.4. The highest BCUT2D eigenvalue weighted by molar-refractivity contribution is 5.88. The van der Waals surface area contributed by atoms with Gasteiger partial charge in [0.1, 0.15) is 28.9 Å². The van der Waals surface area contributed by atoms with Gasteiger partial charge in [0.2, 0.25) is 6.19 Å². The van der Waals surface area contributed by atoms with Crippen LogP contribution < -0.4 is 5.56 Å². The smallest absolute Gasteiger partial charge is 0.278 e. The number of rotatable bonds is 3. The van der Waals surface area contributed by atoms with Crippen molar-refractivity contribution in [2.45, 2.75) is 25.5 Å². The largest absolute Gasteiger partial charge is 0.376 e. The second-order valence-corrected chi connectivity index (χ2v) is 8.07. The number of fused-ring (bicyclic) bond motifs is 3. The molecule has 0 saturated carbocycles. The van der Waals surface area contributed by atoms with Gasteiger partial charge in [-0.3, -0.25) is 13.8 Å². The van der Waals surface area contributed by atoms with Gasteiger partial charge in [-0.2, -0.15) is 5.26 Å². The van der Waals surface area contributed by atoms with E-state index >= 15 is 0 Å². The van der Waals surface area contributed by atoms with Gasteiger partial charge in [-0.15, -0.1) is 9.78 Å². The molecule has 33 heavy (non-hydrogen) atoms. The minimum Gasteiger partial charge on any atom is -0.376 e. The van der Waals surface area contributed by atoms with Crippen LogP contribution in [0.1, 0.15) is 19.4 Å². The molecule has 6 rings (SSSR count). The summed E-state index contributed by atoms with van der Waals surface area (Å²) in [5.74, 6) is 0. The van der Waals surface area contributed by atoms with Gasteiger partial charge in [0.05, 0.1) is 23.2 Å². The van der Waals surface area contributed by atoms with Crippen LogP contribution in [0.4, 0.5) is 0 Å². The topological polar surface area (TPSA) is 103 Å². The Hall–Kier alpha value is -4.29. The first-order chi connectivity index (χ1) is 16.2. The SMILES string of the molecule is CC1OCCC1n1c(=O)c2c(-c3c(-c4ccccc4)nnn3C#N)ncn2c2ccccc21. The third-order valence-electron chi connectivity index (χ3n) is 6.29. The predicted molar refractivity (Wildman–Crippen MR) is 121 cm³/mol. The number of imidazole rings is 1. The summed E-state index contributed by atoms with van der Waals surface area (Å²) < 4.78 is 10.5. The van der Waals surface area contributed by atoms with Crippen LogP contribution in [0.15, 0.2) is 65.7 Å². The van der Waals surface area contributed by atoms with E-state index in [0.29, 0.717) is 29.2 Å². The highest BCUT2D eigenvalue weighted by Crippen LogP contribution is 2.33. The molecule has 9 heteroatoms. The van der Waals surface area contributed by atoms with E-state index in [0.717, 1.165) is 27.7 Å². The molecule has 5 aromatic rings. The highest BCUT2D eigenvalue weighted by atomic mass is 16.5. The number of aromatic nitrogens is 6. The Labute approximate surface area is 188 Å². The first-order valence-corrected chi connectivity index (χ1v) is 10.7. The van der Waals surface area contributed by atoms with Crippen molar-refractivity contribution in [3.05, 3.63) is 71.3 Å². The first-order valence-electron chi connectivity index (χ1n) is 10.7. The molecule has 9 nitrogen and oxygen atoms in total. The Balaban J connectivity index is 1.72. The van der Waals surface area contributed by atoms with Gasteiger partial charge in [-0.05, 0) is 25.5 Å². The number of nitriles is 1. The summed E-state index contributed by atoms with van der Waals surface area (Å²) in [6.07, 6.45) is 4.32. The predicted octanol–water partition coefficient (Wildman–Crippen LogP) is 3.25. The Bertz CT molecular complexity index is 1610. The number of para-hydroxylation sites is 2. The number of benzene rings is 2. The van der Waals surface area contributed by atoms with Crippen LogP contribution in [0.2, 0.25) is 0 Å². The van der Waals surface area contributed by atoms with Crippen LogP contribution >= 0.6 is 0 Å². The lowest BCUT2D eigenvalue weighted by Crippen LogP contribution is -2.30. The average Bonchev–Trinajstić information content (AvgIpc) is 3.58. The second-order valence-electron chi connectivity index (χ2n) is 8.07. The average molecular weight is 437 g/mol. The number of hydrogen-bond donors (Lipinski definition) is 0. The Kier molecular flexibility index (Phi) is 4.35. The molecule has 0 bridgehead atoms. The van der Waals surface area contributed by atoms with Crippen LogP contribution in [-0.4, -0.2) is 41.7 Å².